The summed E-state index contributed by atoms with van der Waals surface area (Å²) in [6.45, 7) is 7.64. The standard InChI is InChI=1S/C14H23N3O/c1-4-12-9-17-13(18-12)10-16-8-6-5-7-14(2,3)11-15/h9,16H,4-8,10H2,1-3H3. The zero-order chi connectivity index (χ0) is 13.4. The van der Waals surface area contributed by atoms with Crippen LogP contribution in [-0.4, -0.2) is 11.5 Å². The van der Waals surface area contributed by atoms with Crippen LogP contribution in [0.1, 0.15) is 51.7 Å². The van der Waals surface area contributed by atoms with Crippen molar-refractivity contribution in [3.63, 3.8) is 0 Å². The van der Waals surface area contributed by atoms with Crippen LogP contribution < -0.4 is 5.32 Å². The SMILES string of the molecule is CCc1cnc(CNCCCCC(C)(C)C#N)o1. The monoisotopic (exact) mass is 249 g/mol. The molecule has 4 nitrogen and oxygen atoms in total. The van der Waals surface area contributed by atoms with Crippen LogP contribution >= 0.6 is 0 Å². The molecule has 100 valence electrons. The van der Waals surface area contributed by atoms with E-state index >= 15 is 0 Å². The fourth-order valence-corrected chi connectivity index (χ4v) is 1.66. The van der Waals surface area contributed by atoms with Crippen LogP contribution in [0.4, 0.5) is 0 Å². The van der Waals surface area contributed by atoms with Gasteiger partial charge in [0.15, 0.2) is 0 Å². The highest BCUT2D eigenvalue weighted by Crippen LogP contribution is 2.21. The van der Waals surface area contributed by atoms with E-state index in [1.54, 1.807) is 6.20 Å². The van der Waals surface area contributed by atoms with E-state index < -0.39 is 0 Å². The Balaban J connectivity index is 2.07. The molecule has 18 heavy (non-hydrogen) atoms. The van der Waals surface area contributed by atoms with Crippen LogP contribution in [0.5, 0.6) is 0 Å². The van der Waals surface area contributed by atoms with Gasteiger partial charge in [0.2, 0.25) is 5.89 Å². The summed E-state index contributed by atoms with van der Waals surface area (Å²) in [4.78, 5) is 4.19. The number of oxazole rings is 1. The molecule has 0 saturated heterocycles. The Morgan fingerprint density at radius 2 is 2.22 bits per heavy atom. The number of nitrogens with one attached hydrogen (secondary N) is 1. The van der Waals surface area contributed by atoms with Crippen molar-refractivity contribution in [3.8, 4) is 6.07 Å². The Bertz CT molecular complexity index is 390. The minimum absolute atomic E-state index is 0.196. The summed E-state index contributed by atoms with van der Waals surface area (Å²) in [6.07, 6.45) is 5.76. The van der Waals surface area contributed by atoms with Crippen molar-refractivity contribution in [3.05, 3.63) is 17.8 Å². The summed E-state index contributed by atoms with van der Waals surface area (Å²) in [7, 11) is 0. The molecule has 0 aromatic carbocycles. The van der Waals surface area contributed by atoms with Gasteiger partial charge in [0.05, 0.1) is 24.2 Å². The van der Waals surface area contributed by atoms with Gasteiger partial charge in [0.1, 0.15) is 5.76 Å². The lowest BCUT2D eigenvalue weighted by atomic mass is 9.89. The number of hydrogen-bond donors (Lipinski definition) is 1. The van der Waals surface area contributed by atoms with Crippen LogP contribution in [0.2, 0.25) is 0 Å². The van der Waals surface area contributed by atoms with Gasteiger partial charge in [-0.25, -0.2) is 4.98 Å². The molecule has 0 aliphatic rings. The first-order valence-corrected chi connectivity index (χ1v) is 6.63. The third-order valence-corrected chi connectivity index (χ3v) is 2.93. The topological polar surface area (TPSA) is 61.9 Å². The van der Waals surface area contributed by atoms with Gasteiger partial charge in [-0.15, -0.1) is 0 Å². The van der Waals surface area contributed by atoms with Gasteiger partial charge < -0.3 is 9.73 Å². The highest BCUT2D eigenvalue weighted by molar-refractivity contribution is 4.93. The summed E-state index contributed by atoms with van der Waals surface area (Å²) >= 11 is 0. The fourth-order valence-electron chi connectivity index (χ4n) is 1.66. The van der Waals surface area contributed by atoms with Crippen molar-refractivity contribution < 1.29 is 4.42 Å². The molecule has 0 spiro atoms. The Morgan fingerprint density at radius 1 is 1.44 bits per heavy atom. The van der Waals surface area contributed by atoms with Gasteiger partial charge in [-0.2, -0.15) is 5.26 Å². The Hall–Kier alpha value is -1.34. The molecule has 1 heterocycles. The lowest BCUT2D eigenvalue weighted by Crippen LogP contribution is -2.16. The lowest BCUT2D eigenvalue weighted by molar-refractivity contribution is 0.411. The summed E-state index contributed by atoms with van der Waals surface area (Å²) in [6, 6.07) is 2.32. The van der Waals surface area contributed by atoms with E-state index in [0.29, 0.717) is 6.54 Å². The van der Waals surface area contributed by atoms with Crippen molar-refractivity contribution in [2.24, 2.45) is 5.41 Å². The highest BCUT2D eigenvalue weighted by atomic mass is 16.4. The zero-order valence-corrected chi connectivity index (χ0v) is 11.6. The molecule has 0 saturated carbocycles. The molecule has 4 heteroatoms. The van der Waals surface area contributed by atoms with Crippen molar-refractivity contribution in [2.45, 2.75) is 53.0 Å². The minimum Gasteiger partial charge on any atom is -0.444 e. The van der Waals surface area contributed by atoms with Gasteiger partial charge in [0, 0.05) is 6.42 Å². The largest absolute Gasteiger partial charge is 0.444 e. The second kappa shape index (κ2) is 7.17. The highest BCUT2D eigenvalue weighted by Gasteiger charge is 2.15. The average molecular weight is 249 g/mol. The third kappa shape index (κ3) is 5.33. The summed E-state index contributed by atoms with van der Waals surface area (Å²) in [5, 5.41) is 12.2. The van der Waals surface area contributed by atoms with E-state index in [-0.39, 0.29) is 5.41 Å². The molecule has 0 radical (unpaired) electrons. The number of aryl methyl sites for hydroxylation is 1. The Kier molecular flexibility index (Phi) is 5.87. The van der Waals surface area contributed by atoms with Crippen LogP contribution in [-0.2, 0) is 13.0 Å². The smallest absolute Gasteiger partial charge is 0.208 e. The van der Waals surface area contributed by atoms with E-state index in [4.69, 9.17) is 9.68 Å². The second-order valence-corrected chi connectivity index (χ2v) is 5.20. The zero-order valence-electron chi connectivity index (χ0n) is 11.6. The van der Waals surface area contributed by atoms with Crippen LogP contribution in [0.3, 0.4) is 0 Å². The molecule has 1 rings (SSSR count). The molecule has 0 aliphatic heterocycles. The quantitative estimate of drug-likeness (QED) is 0.719. The van der Waals surface area contributed by atoms with Crippen molar-refractivity contribution >= 4 is 0 Å². The van der Waals surface area contributed by atoms with Crippen molar-refractivity contribution in [2.75, 3.05) is 6.54 Å². The second-order valence-electron chi connectivity index (χ2n) is 5.20. The maximum atomic E-state index is 8.88. The maximum Gasteiger partial charge on any atom is 0.208 e. The first-order valence-electron chi connectivity index (χ1n) is 6.63. The number of unbranched alkanes of at least 4 members (excludes halogenated alkanes) is 1. The maximum absolute atomic E-state index is 8.88. The number of nitrogens with zero attached hydrogens (tertiary/aromatic N) is 2. The molecule has 0 bridgehead atoms. The van der Waals surface area contributed by atoms with Gasteiger partial charge in [0.25, 0.3) is 0 Å². The number of aromatic nitrogens is 1. The fraction of sp³-hybridized carbons (Fsp3) is 0.714. The van der Waals surface area contributed by atoms with E-state index in [1.165, 1.54) is 0 Å². The predicted octanol–water partition coefficient (Wildman–Crippen LogP) is 3.05. The van der Waals surface area contributed by atoms with Gasteiger partial charge in [-0.3, -0.25) is 0 Å². The van der Waals surface area contributed by atoms with Crippen LogP contribution in [0.15, 0.2) is 10.6 Å². The molecular formula is C14H23N3O. The predicted molar refractivity (Wildman–Crippen MR) is 70.8 cm³/mol. The van der Waals surface area contributed by atoms with Crippen molar-refractivity contribution in [1.82, 2.24) is 10.3 Å². The Labute approximate surface area is 109 Å². The third-order valence-electron chi connectivity index (χ3n) is 2.93. The van der Waals surface area contributed by atoms with Crippen molar-refractivity contribution in [1.29, 1.82) is 5.26 Å². The van der Waals surface area contributed by atoms with Gasteiger partial charge >= 0.3 is 0 Å². The molecule has 0 aliphatic carbocycles. The van der Waals surface area contributed by atoms with Crippen LogP contribution in [0.25, 0.3) is 0 Å². The molecular weight excluding hydrogens is 226 g/mol. The molecule has 0 unspecified atom stereocenters. The van der Waals surface area contributed by atoms with Crippen LogP contribution in [0, 0.1) is 16.7 Å². The minimum atomic E-state index is -0.196. The molecule has 1 aromatic heterocycles. The van der Waals surface area contributed by atoms with E-state index in [2.05, 4.69) is 23.3 Å². The Morgan fingerprint density at radius 3 is 2.83 bits per heavy atom. The normalized spacial score (nSPS) is 11.4. The lowest BCUT2D eigenvalue weighted by Gasteiger charge is -2.14. The summed E-state index contributed by atoms with van der Waals surface area (Å²) in [5.74, 6) is 1.69. The molecule has 0 fully saturated rings. The van der Waals surface area contributed by atoms with E-state index in [0.717, 1.165) is 43.9 Å². The summed E-state index contributed by atoms with van der Waals surface area (Å²) in [5.41, 5.74) is -0.196. The molecule has 0 amide bonds. The van der Waals surface area contributed by atoms with Gasteiger partial charge in [-0.1, -0.05) is 13.3 Å². The molecule has 0 atom stereocenters. The number of nitriles is 1. The number of rotatable bonds is 8. The number of hydrogen-bond acceptors (Lipinski definition) is 4. The van der Waals surface area contributed by atoms with E-state index in [1.807, 2.05) is 13.8 Å². The molecule has 1 N–H and O–H groups in total. The average Bonchev–Trinajstić information content (AvgIpc) is 2.81. The van der Waals surface area contributed by atoms with E-state index in [9.17, 15) is 0 Å². The summed E-state index contributed by atoms with van der Waals surface area (Å²) < 4.78 is 5.49. The first kappa shape index (κ1) is 14.7. The van der Waals surface area contributed by atoms with Gasteiger partial charge in [-0.05, 0) is 33.2 Å². The molecule has 1 aromatic rings. The first-order chi connectivity index (χ1) is 8.57.